The third-order valence-corrected chi connectivity index (χ3v) is 6.38. The number of aliphatic imine (C=N–C) groups is 1. The van der Waals surface area contributed by atoms with Gasteiger partial charge < -0.3 is 35.4 Å². The first kappa shape index (κ1) is 31.2. The molecule has 2 heterocycles. The SMILES string of the molecule is CC\C=C(/C=C\C=C\C(=O)N(C)CC(=O)OCC)N1CCO[C@H]([C@@H](O)C(=O)Nc2ccc3c(c2)CCN=C3N)C1=O. The number of ether oxygens (including phenoxy) is 2. The number of nitrogens with zero attached hydrogens (tertiary/aromatic N) is 3. The van der Waals surface area contributed by atoms with Gasteiger partial charge in [0.2, 0.25) is 5.91 Å². The van der Waals surface area contributed by atoms with Gasteiger partial charge in [-0.3, -0.25) is 24.2 Å². The lowest BCUT2D eigenvalue weighted by molar-refractivity contribution is -0.163. The second kappa shape index (κ2) is 14.9. The predicted octanol–water partition coefficient (Wildman–Crippen LogP) is 0.903. The maximum Gasteiger partial charge on any atom is 0.325 e. The van der Waals surface area contributed by atoms with E-state index in [0.717, 1.165) is 11.1 Å². The van der Waals surface area contributed by atoms with Crippen LogP contribution in [0, 0.1) is 0 Å². The van der Waals surface area contributed by atoms with Crippen LogP contribution in [-0.4, -0.2) is 96.5 Å². The molecule has 2 aliphatic heterocycles. The molecule has 0 spiro atoms. The number of aliphatic hydroxyl groups is 1. The zero-order valence-electron chi connectivity index (χ0n) is 23.5. The summed E-state index contributed by atoms with van der Waals surface area (Å²) < 4.78 is 10.4. The van der Waals surface area contributed by atoms with Gasteiger partial charge in [-0.15, -0.1) is 0 Å². The van der Waals surface area contributed by atoms with Crippen LogP contribution in [0.2, 0.25) is 0 Å². The Morgan fingerprint density at radius 1 is 1.29 bits per heavy atom. The summed E-state index contributed by atoms with van der Waals surface area (Å²) in [7, 11) is 1.49. The number of nitrogens with two attached hydrogens (primary N) is 1. The van der Waals surface area contributed by atoms with Crippen LogP contribution in [0.25, 0.3) is 0 Å². The molecule has 0 radical (unpaired) electrons. The lowest BCUT2D eigenvalue weighted by atomic mass is 10.0. The molecule has 1 aromatic carbocycles. The summed E-state index contributed by atoms with van der Waals surface area (Å²) >= 11 is 0. The number of morpholine rings is 1. The summed E-state index contributed by atoms with van der Waals surface area (Å²) in [6, 6.07) is 5.19. The van der Waals surface area contributed by atoms with E-state index in [0.29, 0.717) is 36.6 Å². The number of anilines is 1. The van der Waals surface area contributed by atoms with E-state index >= 15 is 0 Å². The topological polar surface area (TPSA) is 164 Å². The molecule has 220 valence electrons. The summed E-state index contributed by atoms with van der Waals surface area (Å²) in [4.78, 5) is 56.8. The van der Waals surface area contributed by atoms with Crippen LogP contribution in [0.15, 0.2) is 59.3 Å². The van der Waals surface area contributed by atoms with Crippen LogP contribution in [-0.2, 0) is 35.1 Å². The number of carbonyl (C=O) groups is 4. The van der Waals surface area contributed by atoms with Crippen molar-refractivity contribution in [2.75, 3.05) is 45.2 Å². The van der Waals surface area contributed by atoms with Gasteiger partial charge in [0.25, 0.3) is 11.8 Å². The Kier molecular flexibility index (Phi) is 11.4. The third kappa shape index (κ3) is 8.35. The Labute approximate surface area is 239 Å². The van der Waals surface area contributed by atoms with Crippen LogP contribution in [0.1, 0.15) is 31.4 Å². The molecule has 0 bridgehead atoms. The molecule has 3 rings (SSSR count). The van der Waals surface area contributed by atoms with E-state index < -0.39 is 35.9 Å². The Morgan fingerprint density at radius 2 is 2.05 bits per heavy atom. The molecule has 41 heavy (non-hydrogen) atoms. The first-order valence-electron chi connectivity index (χ1n) is 13.5. The zero-order chi connectivity index (χ0) is 29.9. The smallest absolute Gasteiger partial charge is 0.325 e. The Balaban J connectivity index is 1.63. The summed E-state index contributed by atoms with van der Waals surface area (Å²) in [5.41, 5.74) is 8.66. The number of allylic oxidation sites excluding steroid dienone is 4. The Hall–Kier alpha value is -4.29. The van der Waals surface area contributed by atoms with Gasteiger partial charge in [-0.1, -0.05) is 25.2 Å². The lowest BCUT2D eigenvalue weighted by Gasteiger charge is -2.34. The highest BCUT2D eigenvalue weighted by molar-refractivity contribution is 6.02. The van der Waals surface area contributed by atoms with Gasteiger partial charge >= 0.3 is 5.97 Å². The van der Waals surface area contributed by atoms with Gasteiger partial charge in [0, 0.05) is 43.2 Å². The van der Waals surface area contributed by atoms with Gasteiger partial charge in [-0.05, 0) is 49.6 Å². The zero-order valence-corrected chi connectivity index (χ0v) is 23.5. The molecule has 1 aromatic rings. The van der Waals surface area contributed by atoms with E-state index in [4.69, 9.17) is 15.2 Å². The van der Waals surface area contributed by atoms with Crippen LogP contribution in [0.4, 0.5) is 5.69 Å². The predicted molar refractivity (Wildman–Crippen MR) is 153 cm³/mol. The monoisotopic (exact) mass is 567 g/mol. The lowest BCUT2D eigenvalue weighted by Crippen LogP contribution is -2.54. The van der Waals surface area contributed by atoms with Crippen LogP contribution < -0.4 is 11.1 Å². The van der Waals surface area contributed by atoms with Gasteiger partial charge in [-0.2, -0.15) is 0 Å². The number of aliphatic hydroxyl groups excluding tert-OH is 1. The van der Waals surface area contributed by atoms with E-state index in [2.05, 4.69) is 10.3 Å². The fraction of sp³-hybridized carbons (Fsp3) is 0.414. The largest absolute Gasteiger partial charge is 0.465 e. The molecule has 1 saturated heterocycles. The first-order valence-corrected chi connectivity index (χ1v) is 13.5. The van der Waals surface area contributed by atoms with Crippen molar-refractivity contribution in [3.05, 3.63) is 65.4 Å². The number of nitrogens with one attached hydrogen (secondary N) is 1. The normalized spacial score (nSPS) is 18.2. The number of hydrogen-bond donors (Lipinski definition) is 3. The molecular weight excluding hydrogens is 530 g/mol. The number of fused-ring (bicyclic) bond motifs is 1. The highest BCUT2D eigenvalue weighted by Crippen LogP contribution is 2.22. The number of hydrogen-bond acceptors (Lipinski definition) is 9. The summed E-state index contributed by atoms with van der Waals surface area (Å²) in [5, 5.41) is 13.4. The van der Waals surface area contributed by atoms with Crippen molar-refractivity contribution >= 4 is 35.2 Å². The molecule has 2 aliphatic rings. The van der Waals surface area contributed by atoms with E-state index in [9.17, 15) is 24.3 Å². The summed E-state index contributed by atoms with van der Waals surface area (Å²) in [6.07, 6.45) is 5.98. The summed E-state index contributed by atoms with van der Waals surface area (Å²) in [6.45, 7) is 4.54. The van der Waals surface area contributed by atoms with Gasteiger partial charge in [0.15, 0.2) is 12.2 Å². The fourth-order valence-electron chi connectivity index (χ4n) is 4.33. The maximum absolute atomic E-state index is 13.3. The average molecular weight is 568 g/mol. The van der Waals surface area contributed by atoms with Crippen LogP contribution in [0.3, 0.4) is 0 Å². The highest BCUT2D eigenvalue weighted by atomic mass is 16.5. The molecule has 0 aromatic heterocycles. The number of amidine groups is 1. The summed E-state index contributed by atoms with van der Waals surface area (Å²) in [5.74, 6) is -1.78. The number of amides is 3. The standard InChI is InChI=1S/C29H37N5O7/c1-4-8-21(9-6-7-10-23(35)33(3)18-24(36)40-5-2)34-15-16-41-26(29(34)39)25(37)28(38)32-20-11-12-22-19(17-20)13-14-31-27(22)30/h6-12,17,25-26,37H,4-5,13-16,18H2,1-3H3,(H2,30,31)(H,32,38)/b9-6-,10-7+,21-8+/t25-,26-/m1/s1. The van der Waals surface area contributed by atoms with E-state index in [1.807, 2.05) is 13.0 Å². The average Bonchev–Trinajstić information content (AvgIpc) is 2.94. The van der Waals surface area contributed by atoms with Gasteiger partial charge in [-0.25, -0.2) is 0 Å². The van der Waals surface area contributed by atoms with Crippen molar-refractivity contribution in [3.63, 3.8) is 0 Å². The minimum absolute atomic E-state index is 0.111. The molecule has 1 fully saturated rings. The molecule has 4 N–H and O–H groups in total. The number of benzene rings is 1. The molecule has 2 atom stereocenters. The van der Waals surface area contributed by atoms with Crippen LogP contribution >= 0.6 is 0 Å². The second-order valence-corrected chi connectivity index (χ2v) is 9.36. The molecule has 3 amide bonds. The number of rotatable bonds is 11. The molecule has 0 saturated carbocycles. The molecule has 0 unspecified atom stereocenters. The molecule has 0 aliphatic carbocycles. The second-order valence-electron chi connectivity index (χ2n) is 9.36. The number of likely N-dealkylation sites (N-methyl/N-ethyl adjacent to an activating group) is 1. The van der Waals surface area contributed by atoms with Crippen molar-refractivity contribution in [1.29, 1.82) is 0 Å². The first-order chi connectivity index (χ1) is 19.7. The maximum atomic E-state index is 13.3. The molecular formula is C29H37N5O7. The van der Waals surface area contributed by atoms with Gasteiger partial charge in [0.05, 0.1) is 13.2 Å². The van der Waals surface area contributed by atoms with Gasteiger partial charge in [0.1, 0.15) is 12.4 Å². The quantitative estimate of drug-likeness (QED) is 0.202. The van der Waals surface area contributed by atoms with Crippen molar-refractivity contribution < 1.29 is 33.8 Å². The fourth-order valence-corrected chi connectivity index (χ4v) is 4.33. The van der Waals surface area contributed by atoms with E-state index in [-0.39, 0.29) is 26.3 Å². The van der Waals surface area contributed by atoms with E-state index in [1.54, 1.807) is 37.3 Å². The van der Waals surface area contributed by atoms with Crippen molar-refractivity contribution in [3.8, 4) is 0 Å². The van der Waals surface area contributed by atoms with Crippen molar-refractivity contribution in [1.82, 2.24) is 9.80 Å². The van der Waals surface area contributed by atoms with Crippen LogP contribution in [0.5, 0.6) is 0 Å². The minimum Gasteiger partial charge on any atom is -0.465 e. The number of carbonyl (C=O) groups excluding carboxylic acids is 4. The Morgan fingerprint density at radius 3 is 2.78 bits per heavy atom. The third-order valence-electron chi connectivity index (χ3n) is 6.38. The minimum atomic E-state index is -1.74. The molecule has 12 heteroatoms. The van der Waals surface area contributed by atoms with E-state index in [1.165, 1.54) is 29.0 Å². The molecule has 12 nitrogen and oxygen atoms in total. The van der Waals surface area contributed by atoms with Crippen molar-refractivity contribution in [2.24, 2.45) is 10.7 Å². The number of esters is 1. The highest BCUT2D eigenvalue weighted by Gasteiger charge is 2.39. The van der Waals surface area contributed by atoms with Crippen molar-refractivity contribution in [2.45, 2.75) is 38.9 Å². The Bertz CT molecular complexity index is 1270.